The molecule has 0 spiro atoms. The lowest BCUT2D eigenvalue weighted by molar-refractivity contribution is -0.114. The fraction of sp³-hybridized carbons (Fsp3) is 0.562. The molecule has 0 saturated heterocycles. The van der Waals surface area contributed by atoms with E-state index in [-0.39, 0.29) is 17.5 Å². The van der Waals surface area contributed by atoms with E-state index in [0.717, 1.165) is 25.7 Å². The number of ketones is 1. The van der Waals surface area contributed by atoms with E-state index in [1.165, 1.54) is 27.8 Å². The van der Waals surface area contributed by atoms with Gasteiger partial charge in [-0.2, -0.15) is 0 Å². The molecule has 0 aromatic carbocycles. The maximum Gasteiger partial charge on any atom is 0.317 e. The van der Waals surface area contributed by atoms with Crippen molar-refractivity contribution in [3.63, 3.8) is 0 Å². The lowest BCUT2D eigenvalue weighted by Gasteiger charge is -2.15. The van der Waals surface area contributed by atoms with Gasteiger partial charge in [0, 0.05) is 20.0 Å². The molecule has 0 aliphatic heterocycles. The maximum atomic E-state index is 12.1. The topological polar surface area (TPSA) is 86.8 Å². The minimum atomic E-state index is -0.619. The Kier molecular flexibility index (Phi) is 4.58. The maximum absolute atomic E-state index is 12.1. The summed E-state index contributed by atoms with van der Waals surface area (Å²) >= 11 is 1.29. The molecule has 2 heterocycles. The number of hydrogen-bond acceptors (Lipinski definition) is 6. The molecule has 0 radical (unpaired) electrons. The SMILES string of the molecule is CC(=O)CSc1nc(C2CCCC2)nc2c1n(C)c(=O)c(=O)n2C. The van der Waals surface area contributed by atoms with Crippen molar-refractivity contribution in [2.24, 2.45) is 14.1 Å². The van der Waals surface area contributed by atoms with Gasteiger partial charge in [0.2, 0.25) is 0 Å². The van der Waals surface area contributed by atoms with Gasteiger partial charge in [0.15, 0.2) is 5.65 Å². The van der Waals surface area contributed by atoms with E-state index in [2.05, 4.69) is 9.97 Å². The second kappa shape index (κ2) is 6.51. The van der Waals surface area contributed by atoms with Gasteiger partial charge in [0.25, 0.3) is 0 Å². The van der Waals surface area contributed by atoms with Gasteiger partial charge in [-0.15, -0.1) is 0 Å². The third-order valence-electron chi connectivity index (χ3n) is 4.43. The zero-order valence-corrected chi connectivity index (χ0v) is 14.9. The molecule has 1 saturated carbocycles. The minimum absolute atomic E-state index is 0.0315. The van der Waals surface area contributed by atoms with E-state index < -0.39 is 11.1 Å². The molecule has 1 aliphatic carbocycles. The predicted octanol–water partition coefficient (Wildman–Crippen LogP) is 1.37. The number of nitrogens with zero attached hydrogens (tertiary/aromatic N) is 4. The van der Waals surface area contributed by atoms with E-state index in [9.17, 15) is 14.4 Å². The van der Waals surface area contributed by atoms with Crippen LogP contribution in [0.4, 0.5) is 0 Å². The first-order chi connectivity index (χ1) is 11.4. The largest absolute Gasteiger partial charge is 0.317 e. The molecule has 8 heteroatoms. The number of carbonyl (C=O) groups excluding carboxylic acids is 1. The molecule has 24 heavy (non-hydrogen) atoms. The molecule has 128 valence electrons. The molecule has 2 aromatic heterocycles. The first-order valence-corrected chi connectivity index (χ1v) is 8.98. The van der Waals surface area contributed by atoms with Crippen molar-refractivity contribution in [3.05, 3.63) is 26.5 Å². The Hall–Kier alpha value is -1.96. The number of aryl methyl sites for hydroxylation is 2. The van der Waals surface area contributed by atoms with Crippen LogP contribution < -0.4 is 11.1 Å². The Balaban J connectivity index is 2.28. The minimum Gasteiger partial charge on any atom is -0.302 e. The number of carbonyl (C=O) groups is 1. The summed E-state index contributed by atoms with van der Waals surface area (Å²) in [5.74, 6) is 1.29. The van der Waals surface area contributed by atoms with E-state index in [0.29, 0.717) is 22.0 Å². The number of fused-ring (bicyclic) bond motifs is 1. The second-order valence-corrected chi connectivity index (χ2v) is 7.22. The molecule has 1 fully saturated rings. The highest BCUT2D eigenvalue weighted by atomic mass is 32.2. The number of hydrogen-bond donors (Lipinski definition) is 0. The summed E-state index contributed by atoms with van der Waals surface area (Å²) in [6.07, 6.45) is 4.35. The monoisotopic (exact) mass is 348 g/mol. The van der Waals surface area contributed by atoms with Gasteiger partial charge < -0.3 is 4.57 Å². The lowest BCUT2D eigenvalue weighted by Crippen LogP contribution is -2.40. The molecule has 1 aliphatic rings. The van der Waals surface area contributed by atoms with Crippen LogP contribution in [0.3, 0.4) is 0 Å². The van der Waals surface area contributed by atoms with Crippen LogP contribution in [0.2, 0.25) is 0 Å². The van der Waals surface area contributed by atoms with Gasteiger partial charge in [-0.05, 0) is 19.8 Å². The standard InChI is InChI=1S/C16H20N4O3S/c1-9(21)8-24-14-11-13(20(3)16(23)15(22)19(11)2)17-12(18-14)10-6-4-5-7-10/h10H,4-8H2,1-3H3. The molecule has 0 unspecified atom stereocenters. The summed E-state index contributed by atoms with van der Waals surface area (Å²) in [5, 5.41) is 0.590. The van der Waals surface area contributed by atoms with Crippen LogP contribution in [0.5, 0.6) is 0 Å². The molecular weight excluding hydrogens is 328 g/mol. The molecular formula is C16H20N4O3S. The smallest absolute Gasteiger partial charge is 0.302 e. The highest BCUT2D eigenvalue weighted by Gasteiger charge is 2.24. The van der Waals surface area contributed by atoms with Gasteiger partial charge >= 0.3 is 11.1 Å². The number of aromatic nitrogens is 4. The highest BCUT2D eigenvalue weighted by Crippen LogP contribution is 2.34. The van der Waals surface area contributed by atoms with Gasteiger partial charge in [-0.1, -0.05) is 24.6 Å². The third kappa shape index (κ3) is 2.90. The molecule has 2 aromatic rings. The van der Waals surface area contributed by atoms with Gasteiger partial charge in [0.1, 0.15) is 22.2 Å². The fourth-order valence-corrected chi connectivity index (χ4v) is 3.95. The Morgan fingerprint density at radius 2 is 1.75 bits per heavy atom. The molecule has 0 amide bonds. The van der Waals surface area contributed by atoms with Crippen LogP contribution in [0.15, 0.2) is 14.6 Å². The highest BCUT2D eigenvalue weighted by molar-refractivity contribution is 8.00. The quantitative estimate of drug-likeness (QED) is 0.471. The normalized spacial score (nSPS) is 15.3. The fourth-order valence-electron chi connectivity index (χ4n) is 3.09. The van der Waals surface area contributed by atoms with Crippen molar-refractivity contribution >= 4 is 28.7 Å². The number of thioether (sulfide) groups is 1. The zero-order valence-electron chi connectivity index (χ0n) is 14.0. The Morgan fingerprint density at radius 3 is 2.38 bits per heavy atom. The van der Waals surface area contributed by atoms with Gasteiger partial charge in [0.05, 0.1) is 5.75 Å². The van der Waals surface area contributed by atoms with E-state index in [4.69, 9.17) is 0 Å². The van der Waals surface area contributed by atoms with Gasteiger partial charge in [-0.25, -0.2) is 9.97 Å². The van der Waals surface area contributed by atoms with Crippen molar-refractivity contribution in [2.75, 3.05) is 5.75 Å². The first-order valence-electron chi connectivity index (χ1n) is 8.00. The predicted molar refractivity (Wildman–Crippen MR) is 92.6 cm³/mol. The summed E-state index contributed by atoms with van der Waals surface area (Å²) in [5.41, 5.74) is -0.268. The summed E-state index contributed by atoms with van der Waals surface area (Å²) in [4.78, 5) is 44.9. The van der Waals surface area contributed by atoms with Crippen molar-refractivity contribution in [3.8, 4) is 0 Å². The van der Waals surface area contributed by atoms with E-state index >= 15 is 0 Å². The Labute approximate surface area is 143 Å². The molecule has 0 N–H and O–H groups in total. The van der Waals surface area contributed by atoms with Crippen LogP contribution in [-0.4, -0.2) is 30.6 Å². The Bertz CT molecular complexity index is 926. The lowest BCUT2D eigenvalue weighted by atomic mass is 10.1. The molecule has 0 bridgehead atoms. The summed E-state index contributed by atoms with van der Waals surface area (Å²) in [6.45, 7) is 1.52. The van der Waals surface area contributed by atoms with Crippen molar-refractivity contribution in [2.45, 2.75) is 43.6 Å². The van der Waals surface area contributed by atoms with Crippen molar-refractivity contribution < 1.29 is 4.79 Å². The summed E-state index contributed by atoms with van der Waals surface area (Å²) in [6, 6.07) is 0. The van der Waals surface area contributed by atoms with Crippen molar-refractivity contribution in [1.82, 2.24) is 19.1 Å². The van der Waals surface area contributed by atoms with Gasteiger partial charge in [-0.3, -0.25) is 19.0 Å². The average Bonchev–Trinajstić information content (AvgIpc) is 3.09. The van der Waals surface area contributed by atoms with Crippen LogP contribution in [0, 0.1) is 0 Å². The van der Waals surface area contributed by atoms with Crippen LogP contribution in [0.1, 0.15) is 44.3 Å². The number of rotatable bonds is 4. The molecule has 3 rings (SSSR count). The third-order valence-corrected chi connectivity index (χ3v) is 5.54. The summed E-state index contributed by atoms with van der Waals surface area (Å²) in [7, 11) is 3.10. The molecule has 0 atom stereocenters. The second-order valence-electron chi connectivity index (χ2n) is 6.26. The zero-order chi connectivity index (χ0) is 17.4. The van der Waals surface area contributed by atoms with Crippen LogP contribution >= 0.6 is 11.8 Å². The average molecular weight is 348 g/mol. The van der Waals surface area contributed by atoms with Crippen molar-refractivity contribution in [1.29, 1.82) is 0 Å². The number of Topliss-reactive ketones (excluding diaryl/α,β-unsaturated/α-hetero) is 1. The first kappa shape index (κ1) is 16.9. The van der Waals surface area contributed by atoms with E-state index in [1.54, 1.807) is 14.1 Å². The Morgan fingerprint density at radius 1 is 1.12 bits per heavy atom. The van der Waals surface area contributed by atoms with Crippen LogP contribution in [-0.2, 0) is 18.9 Å². The summed E-state index contributed by atoms with van der Waals surface area (Å²) < 4.78 is 2.58. The molecule has 7 nitrogen and oxygen atoms in total. The van der Waals surface area contributed by atoms with Crippen LogP contribution in [0.25, 0.3) is 11.2 Å². The van der Waals surface area contributed by atoms with E-state index in [1.807, 2.05) is 0 Å².